The first kappa shape index (κ1) is 18.2. The molecule has 0 bridgehead atoms. The highest BCUT2D eigenvalue weighted by Crippen LogP contribution is 2.33. The van der Waals surface area contributed by atoms with E-state index in [2.05, 4.69) is 4.72 Å². The van der Waals surface area contributed by atoms with Crippen LogP contribution in [0.15, 0.2) is 29.2 Å². The van der Waals surface area contributed by atoms with Gasteiger partial charge in [-0.15, -0.1) is 11.6 Å². The Balaban J connectivity index is 1.73. The van der Waals surface area contributed by atoms with E-state index in [1.165, 1.54) is 24.8 Å². The van der Waals surface area contributed by atoms with Crippen molar-refractivity contribution in [2.75, 3.05) is 11.5 Å². The number of benzene rings is 1. The number of rotatable bonds is 4. The Morgan fingerprint density at radius 3 is 2.17 bits per heavy atom. The van der Waals surface area contributed by atoms with Gasteiger partial charge in [-0.3, -0.25) is 0 Å². The van der Waals surface area contributed by atoms with Crippen molar-refractivity contribution in [3.63, 3.8) is 0 Å². The smallest absolute Gasteiger partial charge is 0.229 e. The van der Waals surface area contributed by atoms with E-state index in [9.17, 15) is 16.8 Å². The second-order valence-electron chi connectivity index (χ2n) is 6.72. The van der Waals surface area contributed by atoms with Crippen molar-refractivity contribution in [3.05, 3.63) is 29.8 Å². The van der Waals surface area contributed by atoms with Crippen LogP contribution in [0.1, 0.15) is 43.6 Å². The van der Waals surface area contributed by atoms with Crippen LogP contribution in [0.25, 0.3) is 0 Å². The third kappa shape index (κ3) is 4.12. The van der Waals surface area contributed by atoms with Crippen LogP contribution in [0.3, 0.4) is 0 Å². The highest BCUT2D eigenvalue weighted by Gasteiger charge is 2.38. The molecule has 0 amide bonds. The van der Waals surface area contributed by atoms with Gasteiger partial charge in [0.15, 0.2) is 9.84 Å². The molecule has 8 heteroatoms. The molecule has 1 aliphatic heterocycles. The highest BCUT2D eigenvalue weighted by atomic mass is 35.5. The van der Waals surface area contributed by atoms with Crippen molar-refractivity contribution in [2.24, 2.45) is 0 Å². The molecule has 5 nitrogen and oxygen atoms in total. The zero-order valence-corrected chi connectivity index (χ0v) is 15.7. The zero-order valence-electron chi connectivity index (χ0n) is 13.3. The maximum absolute atomic E-state index is 12.5. The standard InChI is InChI=1S/C16H22ClNO4S2/c17-15-10-23(19,20)11-16(15)18-24(21,22)14-8-6-13(7-9-14)12-4-2-1-3-5-12/h6-9,12,15-16,18H,1-5,10-11H2/t15-,16+/m1/s1. The summed E-state index contributed by atoms with van der Waals surface area (Å²) >= 11 is 5.98. The first-order chi connectivity index (χ1) is 11.3. The Hall–Kier alpha value is -0.630. The van der Waals surface area contributed by atoms with E-state index in [4.69, 9.17) is 11.6 Å². The molecule has 0 aromatic heterocycles. The van der Waals surface area contributed by atoms with Gasteiger partial charge >= 0.3 is 0 Å². The fourth-order valence-electron chi connectivity index (χ4n) is 3.54. The van der Waals surface area contributed by atoms with Gasteiger partial charge in [0.1, 0.15) is 0 Å². The summed E-state index contributed by atoms with van der Waals surface area (Å²) in [5.41, 5.74) is 1.17. The molecule has 1 aliphatic carbocycles. The van der Waals surface area contributed by atoms with Crippen LogP contribution in [0, 0.1) is 0 Å². The van der Waals surface area contributed by atoms with Crippen LogP contribution in [0.4, 0.5) is 0 Å². The molecule has 0 spiro atoms. The molecule has 24 heavy (non-hydrogen) atoms. The van der Waals surface area contributed by atoms with E-state index < -0.39 is 31.3 Å². The molecule has 1 saturated heterocycles. The molecule has 1 heterocycles. The largest absolute Gasteiger partial charge is 0.240 e. The molecular weight excluding hydrogens is 370 g/mol. The Morgan fingerprint density at radius 2 is 1.62 bits per heavy atom. The zero-order chi connectivity index (χ0) is 17.4. The Morgan fingerprint density at radius 1 is 1.00 bits per heavy atom. The summed E-state index contributed by atoms with van der Waals surface area (Å²) < 4.78 is 50.5. The Labute approximate surface area is 148 Å². The lowest BCUT2D eigenvalue weighted by molar-refractivity contribution is 0.443. The molecule has 3 rings (SSSR count). The van der Waals surface area contributed by atoms with Crippen LogP contribution >= 0.6 is 11.6 Å². The van der Waals surface area contributed by atoms with Gasteiger partial charge in [-0.25, -0.2) is 21.6 Å². The lowest BCUT2D eigenvalue weighted by atomic mass is 9.84. The maximum atomic E-state index is 12.5. The van der Waals surface area contributed by atoms with Crippen molar-refractivity contribution < 1.29 is 16.8 Å². The van der Waals surface area contributed by atoms with Crippen LogP contribution in [-0.4, -0.2) is 39.8 Å². The van der Waals surface area contributed by atoms with E-state index in [1.807, 2.05) is 12.1 Å². The molecule has 2 fully saturated rings. The van der Waals surface area contributed by atoms with Gasteiger partial charge in [0.25, 0.3) is 0 Å². The molecule has 1 saturated carbocycles. The lowest BCUT2D eigenvalue weighted by Crippen LogP contribution is -2.40. The topological polar surface area (TPSA) is 80.3 Å². The third-order valence-electron chi connectivity index (χ3n) is 4.86. The second-order valence-corrected chi connectivity index (χ2v) is 11.2. The van der Waals surface area contributed by atoms with Crippen LogP contribution in [0.2, 0.25) is 0 Å². The van der Waals surface area contributed by atoms with E-state index in [1.54, 1.807) is 12.1 Å². The monoisotopic (exact) mass is 391 g/mol. The van der Waals surface area contributed by atoms with E-state index >= 15 is 0 Å². The molecule has 1 aromatic rings. The lowest BCUT2D eigenvalue weighted by Gasteiger charge is -2.22. The highest BCUT2D eigenvalue weighted by molar-refractivity contribution is 7.92. The van der Waals surface area contributed by atoms with Crippen LogP contribution in [-0.2, 0) is 19.9 Å². The summed E-state index contributed by atoms with van der Waals surface area (Å²) in [6.07, 6.45) is 6.02. The van der Waals surface area contributed by atoms with Gasteiger partial charge in [0, 0.05) is 0 Å². The predicted molar refractivity (Wildman–Crippen MR) is 94.7 cm³/mol. The Bertz CT molecular complexity index is 784. The fraction of sp³-hybridized carbons (Fsp3) is 0.625. The van der Waals surface area contributed by atoms with Crippen molar-refractivity contribution in [2.45, 2.75) is 54.3 Å². The number of halogens is 1. The molecule has 0 unspecified atom stereocenters. The summed E-state index contributed by atoms with van der Waals surface area (Å²) in [5.74, 6) is 0.0683. The minimum Gasteiger partial charge on any atom is -0.229 e. The summed E-state index contributed by atoms with van der Waals surface area (Å²) in [6, 6.07) is 6.15. The number of hydrogen-bond donors (Lipinski definition) is 1. The van der Waals surface area contributed by atoms with Crippen molar-refractivity contribution in [3.8, 4) is 0 Å². The molecule has 2 aliphatic rings. The van der Waals surface area contributed by atoms with Gasteiger partial charge in [-0.2, -0.15) is 0 Å². The van der Waals surface area contributed by atoms with E-state index in [-0.39, 0.29) is 16.4 Å². The maximum Gasteiger partial charge on any atom is 0.240 e. The number of sulfone groups is 1. The number of nitrogens with one attached hydrogen (secondary N) is 1. The van der Waals surface area contributed by atoms with Gasteiger partial charge in [0.2, 0.25) is 10.0 Å². The van der Waals surface area contributed by atoms with Gasteiger partial charge in [-0.1, -0.05) is 31.4 Å². The van der Waals surface area contributed by atoms with Crippen LogP contribution < -0.4 is 4.72 Å². The Kier molecular flexibility index (Phi) is 5.25. The molecule has 2 atom stereocenters. The van der Waals surface area contributed by atoms with Gasteiger partial charge < -0.3 is 0 Å². The predicted octanol–water partition coefficient (Wildman–Crippen LogP) is 2.42. The minimum absolute atomic E-state index is 0.148. The SMILES string of the molecule is O=S1(=O)C[C@@H](Cl)[C@@H](NS(=O)(=O)c2ccc(C3CCCCC3)cc2)C1. The summed E-state index contributed by atoms with van der Waals surface area (Å²) in [5, 5.41) is -0.730. The van der Waals surface area contributed by atoms with E-state index in [0.717, 1.165) is 12.8 Å². The van der Waals surface area contributed by atoms with Crippen molar-refractivity contribution in [1.29, 1.82) is 0 Å². The molecule has 1 N–H and O–H groups in total. The molecular formula is C16H22ClNO4S2. The van der Waals surface area contributed by atoms with Crippen molar-refractivity contribution in [1.82, 2.24) is 4.72 Å². The van der Waals surface area contributed by atoms with Gasteiger partial charge in [0.05, 0.1) is 27.8 Å². The van der Waals surface area contributed by atoms with Crippen molar-refractivity contribution >= 4 is 31.5 Å². The first-order valence-corrected chi connectivity index (χ1v) is 12.0. The number of alkyl halides is 1. The average Bonchev–Trinajstić information content (AvgIpc) is 2.79. The summed E-state index contributed by atoms with van der Waals surface area (Å²) in [4.78, 5) is 0.148. The van der Waals surface area contributed by atoms with Crippen LogP contribution in [0.5, 0.6) is 0 Å². The fourth-order valence-corrected chi connectivity index (χ4v) is 7.54. The molecule has 0 radical (unpaired) electrons. The minimum atomic E-state index is -3.77. The normalized spacial score (nSPS) is 28.0. The third-order valence-corrected chi connectivity index (χ3v) is 8.74. The second kappa shape index (κ2) is 6.94. The van der Waals surface area contributed by atoms with Gasteiger partial charge in [-0.05, 0) is 36.5 Å². The number of hydrogen-bond acceptors (Lipinski definition) is 4. The quantitative estimate of drug-likeness (QED) is 0.799. The summed E-state index contributed by atoms with van der Waals surface area (Å²) in [7, 11) is -7.05. The molecule has 1 aromatic carbocycles. The average molecular weight is 392 g/mol. The number of sulfonamides is 1. The first-order valence-electron chi connectivity index (χ1n) is 8.24. The summed E-state index contributed by atoms with van der Waals surface area (Å²) in [6.45, 7) is 0. The molecule has 134 valence electrons. The van der Waals surface area contributed by atoms with E-state index in [0.29, 0.717) is 5.92 Å².